The van der Waals surface area contributed by atoms with Crippen molar-refractivity contribution in [3.8, 4) is 11.5 Å². The van der Waals surface area contributed by atoms with Crippen molar-refractivity contribution in [3.63, 3.8) is 0 Å². The van der Waals surface area contributed by atoms with Crippen LogP contribution in [0, 0.1) is 0 Å². The maximum atomic E-state index is 13.2. The second-order valence-corrected chi connectivity index (χ2v) is 9.51. The van der Waals surface area contributed by atoms with Crippen LogP contribution in [-0.2, 0) is 16.6 Å². The van der Waals surface area contributed by atoms with Gasteiger partial charge in [-0.2, -0.15) is 0 Å². The molecule has 162 valence electrons. The Labute approximate surface area is 178 Å². The molecule has 2 atom stereocenters. The number of hydrogen-bond acceptors (Lipinski definition) is 5. The van der Waals surface area contributed by atoms with E-state index in [0.29, 0.717) is 24.0 Å². The first-order valence-corrected chi connectivity index (χ1v) is 10.7. The lowest BCUT2D eigenvalue weighted by atomic mass is 9.92. The standard InChI is InChI=1S/C23H32N4O3/c1-23(2,3)21-14-26(25-24-21)18-12-16-7-8-17(13-18)27(16)22(28)11-15-6-9-19(29-4)20(10-15)30-5/h6,9-10,14,16-18H,7-8,11-13H2,1-5H3. The summed E-state index contributed by atoms with van der Waals surface area (Å²) < 4.78 is 12.7. The molecular formula is C23H32N4O3. The molecule has 0 spiro atoms. The van der Waals surface area contributed by atoms with Crippen molar-refractivity contribution in [2.24, 2.45) is 0 Å². The molecule has 2 unspecified atom stereocenters. The van der Waals surface area contributed by atoms with E-state index in [1.54, 1.807) is 14.2 Å². The van der Waals surface area contributed by atoms with E-state index in [1.165, 1.54) is 0 Å². The summed E-state index contributed by atoms with van der Waals surface area (Å²) in [6.45, 7) is 6.46. The van der Waals surface area contributed by atoms with Gasteiger partial charge in [-0.3, -0.25) is 4.79 Å². The summed E-state index contributed by atoms with van der Waals surface area (Å²) in [4.78, 5) is 15.3. The van der Waals surface area contributed by atoms with Gasteiger partial charge in [-0.1, -0.05) is 32.1 Å². The normalized spacial score (nSPS) is 23.5. The van der Waals surface area contributed by atoms with Crippen molar-refractivity contribution < 1.29 is 14.3 Å². The van der Waals surface area contributed by atoms with Crippen LogP contribution in [0.5, 0.6) is 11.5 Å². The third-order valence-corrected chi connectivity index (χ3v) is 6.45. The lowest BCUT2D eigenvalue weighted by Crippen LogP contribution is -2.47. The highest BCUT2D eigenvalue weighted by Crippen LogP contribution is 2.41. The molecular weight excluding hydrogens is 380 g/mol. The maximum absolute atomic E-state index is 13.2. The predicted octanol–water partition coefficient (Wildman–Crippen LogP) is 3.53. The van der Waals surface area contributed by atoms with E-state index in [-0.39, 0.29) is 23.4 Å². The summed E-state index contributed by atoms with van der Waals surface area (Å²) in [6.07, 6.45) is 6.50. The van der Waals surface area contributed by atoms with Crippen LogP contribution in [-0.4, -0.2) is 52.1 Å². The number of carbonyl (C=O) groups is 1. The Morgan fingerprint density at radius 3 is 2.30 bits per heavy atom. The number of piperidine rings is 1. The minimum atomic E-state index is -0.00663. The number of hydrogen-bond donors (Lipinski definition) is 0. The van der Waals surface area contributed by atoms with Crippen LogP contribution in [0.15, 0.2) is 24.4 Å². The first-order chi connectivity index (χ1) is 14.3. The number of ether oxygens (including phenoxy) is 2. The SMILES string of the molecule is COc1ccc(CC(=O)N2C3CCC2CC(n2cc(C(C)(C)C)nn2)C3)cc1OC. The van der Waals surface area contributed by atoms with Crippen LogP contribution in [0.4, 0.5) is 0 Å². The zero-order chi connectivity index (χ0) is 21.5. The van der Waals surface area contributed by atoms with Crippen molar-refractivity contribution in [1.29, 1.82) is 0 Å². The Bertz CT molecular complexity index is 903. The van der Waals surface area contributed by atoms with Crippen molar-refractivity contribution >= 4 is 5.91 Å². The van der Waals surface area contributed by atoms with E-state index >= 15 is 0 Å². The number of benzene rings is 1. The lowest BCUT2D eigenvalue weighted by Gasteiger charge is -2.39. The Morgan fingerprint density at radius 1 is 1.07 bits per heavy atom. The van der Waals surface area contributed by atoms with Gasteiger partial charge in [0.05, 0.1) is 32.4 Å². The highest BCUT2D eigenvalue weighted by molar-refractivity contribution is 5.80. The molecule has 2 aromatic rings. The number of methoxy groups -OCH3 is 2. The van der Waals surface area contributed by atoms with Gasteiger partial charge in [0, 0.05) is 23.7 Å². The fraction of sp³-hybridized carbons (Fsp3) is 0.609. The highest BCUT2D eigenvalue weighted by atomic mass is 16.5. The molecule has 2 aliphatic heterocycles. The molecule has 3 heterocycles. The third kappa shape index (κ3) is 3.89. The zero-order valence-electron chi connectivity index (χ0n) is 18.6. The van der Waals surface area contributed by atoms with Gasteiger partial charge in [-0.25, -0.2) is 4.68 Å². The van der Waals surface area contributed by atoms with E-state index in [9.17, 15) is 4.79 Å². The van der Waals surface area contributed by atoms with Gasteiger partial charge in [0.1, 0.15) is 0 Å². The molecule has 30 heavy (non-hydrogen) atoms. The fourth-order valence-corrected chi connectivity index (χ4v) is 4.83. The van der Waals surface area contributed by atoms with Gasteiger partial charge in [-0.05, 0) is 43.4 Å². The molecule has 1 aromatic heterocycles. The zero-order valence-corrected chi connectivity index (χ0v) is 18.6. The molecule has 0 N–H and O–H groups in total. The molecule has 0 aliphatic carbocycles. The molecule has 2 bridgehead atoms. The van der Waals surface area contributed by atoms with Gasteiger partial charge in [0.25, 0.3) is 0 Å². The topological polar surface area (TPSA) is 69.5 Å². The van der Waals surface area contributed by atoms with Crippen molar-refractivity contribution in [2.75, 3.05) is 14.2 Å². The Kier molecular flexibility index (Phi) is 5.47. The number of rotatable bonds is 5. The smallest absolute Gasteiger partial charge is 0.227 e. The Hall–Kier alpha value is -2.57. The fourth-order valence-electron chi connectivity index (χ4n) is 4.83. The predicted molar refractivity (Wildman–Crippen MR) is 114 cm³/mol. The van der Waals surface area contributed by atoms with Crippen molar-refractivity contribution in [2.45, 2.75) is 76.4 Å². The molecule has 2 saturated heterocycles. The van der Waals surface area contributed by atoms with E-state index in [2.05, 4.69) is 42.2 Å². The summed E-state index contributed by atoms with van der Waals surface area (Å²) in [5.41, 5.74) is 1.96. The molecule has 4 rings (SSSR count). The summed E-state index contributed by atoms with van der Waals surface area (Å²) in [5, 5.41) is 8.80. The molecule has 2 aliphatic rings. The minimum absolute atomic E-state index is 0.00663. The molecule has 7 nitrogen and oxygen atoms in total. The average molecular weight is 413 g/mol. The summed E-state index contributed by atoms with van der Waals surface area (Å²) >= 11 is 0. The number of fused-ring (bicyclic) bond motifs is 2. The minimum Gasteiger partial charge on any atom is -0.493 e. The first-order valence-electron chi connectivity index (χ1n) is 10.7. The molecule has 7 heteroatoms. The maximum Gasteiger partial charge on any atom is 0.227 e. The Morgan fingerprint density at radius 2 is 1.73 bits per heavy atom. The van der Waals surface area contributed by atoms with E-state index in [4.69, 9.17) is 9.47 Å². The average Bonchev–Trinajstić information content (AvgIpc) is 3.31. The summed E-state index contributed by atoms with van der Waals surface area (Å²) in [6, 6.07) is 6.58. The van der Waals surface area contributed by atoms with Crippen LogP contribution >= 0.6 is 0 Å². The Balaban J connectivity index is 1.45. The molecule has 2 fully saturated rings. The van der Waals surface area contributed by atoms with Crippen molar-refractivity contribution in [3.05, 3.63) is 35.7 Å². The second kappa shape index (κ2) is 7.93. The quantitative estimate of drug-likeness (QED) is 0.751. The summed E-state index contributed by atoms with van der Waals surface area (Å²) in [5.74, 6) is 1.53. The monoisotopic (exact) mass is 412 g/mol. The van der Waals surface area contributed by atoms with Crippen LogP contribution < -0.4 is 9.47 Å². The van der Waals surface area contributed by atoms with E-state index in [0.717, 1.165) is 36.9 Å². The van der Waals surface area contributed by atoms with Gasteiger partial charge in [0.2, 0.25) is 5.91 Å². The van der Waals surface area contributed by atoms with Crippen LogP contribution in [0.1, 0.15) is 63.8 Å². The van der Waals surface area contributed by atoms with E-state index in [1.807, 2.05) is 22.9 Å². The van der Waals surface area contributed by atoms with Crippen LogP contribution in [0.2, 0.25) is 0 Å². The molecule has 0 saturated carbocycles. The molecule has 0 radical (unpaired) electrons. The van der Waals surface area contributed by atoms with Gasteiger partial charge in [0.15, 0.2) is 11.5 Å². The number of nitrogens with zero attached hydrogens (tertiary/aromatic N) is 4. The summed E-state index contributed by atoms with van der Waals surface area (Å²) in [7, 11) is 3.23. The molecule has 1 amide bonds. The number of amides is 1. The third-order valence-electron chi connectivity index (χ3n) is 6.45. The first kappa shape index (κ1) is 20.7. The molecule has 1 aromatic carbocycles. The van der Waals surface area contributed by atoms with Crippen molar-refractivity contribution in [1.82, 2.24) is 19.9 Å². The van der Waals surface area contributed by atoms with Crippen LogP contribution in [0.25, 0.3) is 0 Å². The number of carbonyl (C=O) groups excluding carboxylic acids is 1. The lowest BCUT2D eigenvalue weighted by molar-refractivity contribution is -0.135. The van der Waals surface area contributed by atoms with Crippen LogP contribution in [0.3, 0.4) is 0 Å². The van der Waals surface area contributed by atoms with E-state index < -0.39 is 0 Å². The second-order valence-electron chi connectivity index (χ2n) is 9.51. The van der Waals surface area contributed by atoms with Gasteiger partial charge in [-0.15, -0.1) is 5.10 Å². The number of aromatic nitrogens is 3. The van der Waals surface area contributed by atoms with Gasteiger partial charge < -0.3 is 14.4 Å². The van der Waals surface area contributed by atoms with Gasteiger partial charge >= 0.3 is 0 Å². The highest BCUT2D eigenvalue weighted by Gasteiger charge is 2.44. The largest absolute Gasteiger partial charge is 0.493 e.